The molecule has 0 aliphatic heterocycles. The van der Waals surface area contributed by atoms with Gasteiger partial charge in [-0.3, -0.25) is 4.79 Å². The molecule has 0 saturated carbocycles. The summed E-state index contributed by atoms with van der Waals surface area (Å²) in [7, 11) is 0. The molecule has 0 N–H and O–H groups in total. The molecular weight excluding hydrogens is 361 g/mol. The molecule has 0 aliphatic carbocycles. The highest BCUT2D eigenvalue weighted by Crippen LogP contribution is 2.33. The van der Waals surface area contributed by atoms with Crippen molar-refractivity contribution in [1.29, 1.82) is 0 Å². The van der Waals surface area contributed by atoms with Gasteiger partial charge in [-0.05, 0) is 31.2 Å². The van der Waals surface area contributed by atoms with E-state index in [0.717, 1.165) is 24.3 Å². The van der Waals surface area contributed by atoms with Crippen molar-refractivity contribution in [3.05, 3.63) is 59.9 Å². The molecule has 4 nitrogen and oxygen atoms in total. The van der Waals surface area contributed by atoms with Crippen molar-refractivity contribution in [2.45, 2.75) is 20.8 Å². The lowest BCUT2D eigenvalue weighted by Crippen LogP contribution is -2.16. The topological polar surface area (TPSA) is 52.6 Å². The zero-order valence-corrected chi connectivity index (χ0v) is 14.9. The first-order chi connectivity index (χ1) is 12.6. The summed E-state index contributed by atoms with van der Waals surface area (Å²) in [6.07, 6.45) is 0. The molecule has 0 aromatic heterocycles. The van der Waals surface area contributed by atoms with Crippen molar-refractivity contribution in [3.8, 4) is 22.6 Å². The van der Waals surface area contributed by atoms with E-state index in [-0.39, 0.29) is 22.4 Å². The Morgan fingerprint density at radius 3 is 2.15 bits per heavy atom. The summed E-state index contributed by atoms with van der Waals surface area (Å²) in [5.41, 5.74) is -0.491. The van der Waals surface area contributed by atoms with E-state index in [1.165, 1.54) is 13.0 Å². The summed E-state index contributed by atoms with van der Waals surface area (Å²) in [4.78, 5) is 23.0. The van der Waals surface area contributed by atoms with E-state index in [9.17, 15) is 22.8 Å². The normalized spacial score (nSPS) is 10.6. The third kappa shape index (κ3) is 4.55. The van der Waals surface area contributed by atoms with Gasteiger partial charge in [-0.2, -0.15) is 4.39 Å². The minimum atomic E-state index is -1.40. The summed E-state index contributed by atoms with van der Waals surface area (Å²) in [6.45, 7) is 7.92. The van der Waals surface area contributed by atoms with Crippen molar-refractivity contribution in [2.75, 3.05) is 0 Å². The fourth-order valence-corrected chi connectivity index (χ4v) is 2.02. The maximum absolute atomic E-state index is 14.4. The van der Waals surface area contributed by atoms with Gasteiger partial charge in [0.15, 0.2) is 11.6 Å². The van der Waals surface area contributed by atoms with Crippen LogP contribution in [0.1, 0.15) is 20.8 Å². The first kappa shape index (κ1) is 20.2. The van der Waals surface area contributed by atoms with Gasteiger partial charge < -0.3 is 9.47 Å². The molecule has 0 heterocycles. The molecule has 0 fully saturated rings. The van der Waals surface area contributed by atoms with Gasteiger partial charge in [0.05, 0.1) is 5.92 Å². The monoisotopic (exact) mass is 378 g/mol. The Kier molecular flexibility index (Phi) is 6.05. The van der Waals surface area contributed by atoms with Crippen LogP contribution in [0.3, 0.4) is 0 Å². The fraction of sp³-hybridized carbons (Fsp3) is 0.200. The Morgan fingerprint density at radius 1 is 0.963 bits per heavy atom. The van der Waals surface area contributed by atoms with Crippen molar-refractivity contribution >= 4 is 11.9 Å². The lowest BCUT2D eigenvalue weighted by Gasteiger charge is -2.12. The average Bonchev–Trinajstić information content (AvgIpc) is 2.59. The van der Waals surface area contributed by atoms with Crippen LogP contribution in [0.25, 0.3) is 11.1 Å². The Labute approximate surface area is 154 Å². The predicted molar refractivity (Wildman–Crippen MR) is 92.7 cm³/mol. The molecule has 0 unspecified atom stereocenters. The highest BCUT2D eigenvalue weighted by atomic mass is 19.2. The third-order valence-corrected chi connectivity index (χ3v) is 3.52. The maximum Gasteiger partial charge on any atom is 0.338 e. The van der Waals surface area contributed by atoms with Crippen molar-refractivity contribution in [1.82, 2.24) is 0 Å². The Bertz CT molecular complexity index is 920. The molecule has 2 aromatic carbocycles. The second kappa shape index (κ2) is 8.07. The molecule has 27 heavy (non-hydrogen) atoms. The molecule has 0 aliphatic rings. The van der Waals surface area contributed by atoms with E-state index >= 15 is 0 Å². The van der Waals surface area contributed by atoms with Crippen molar-refractivity contribution < 1.29 is 32.2 Å². The largest absolute Gasteiger partial charge is 0.423 e. The van der Waals surface area contributed by atoms with Crippen LogP contribution in [0, 0.1) is 23.4 Å². The van der Waals surface area contributed by atoms with E-state index in [0.29, 0.717) is 0 Å². The predicted octanol–water partition coefficient (Wildman–Crippen LogP) is 4.81. The minimum Gasteiger partial charge on any atom is -0.423 e. The van der Waals surface area contributed by atoms with Crippen LogP contribution < -0.4 is 9.47 Å². The van der Waals surface area contributed by atoms with Crippen LogP contribution in [0.2, 0.25) is 0 Å². The summed E-state index contributed by atoms with van der Waals surface area (Å²) in [6, 6.07) is 5.40. The molecule has 0 atom stereocenters. The molecule has 0 spiro atoms. The number of halogens is 3. The molecule has 0 bridgehead atoms. The molecule has 2 rings (SSSR count). The first-order valence-electron chi connectivity index (χ1n) is 7.99. The summed E-state index contributed by atoms with van der Waals surface area (Å²) < 4.78 is 52.5. The van der Waals surface area contributed by atoms with Crippen LogP contribution in [0.4, 0.5) is 13.2 Å². The zero-order chi connectivity index (χ0) is 20.3. The molecular formula is C20H17F3O4. The van der Waals surface area contributed by atoms with Gasteiger partial charge in [0.25, 0.3) is 0 Å². The lowest BCUT2D eigenvalue weighted by atomic mass is 10.0. The quantitative estimate of drug-likeness (QED) is 0.426. The van der Waals surface area contributed by atoms with E-state index in [2.05, 4.69) is 6.58 Å². The van der Waals surface area contributed by atoms with Crippen LogP contribution in [-0.4, -0.2) is 11.9 Å². The maximum atomic E-state index is 14.4. The second-order valence-corrected chi connectivity index (χ2v) is 6.13. The smallest absolute Gasteiger partial charge is 0.338 e. The Balaban J connectivity index is 2.35. The molecule has 0 amide bonds. The fourth-order valence-electron chi connectivity index (χ4n) is 2.02. The third-order valence-electron chi connectivity index (χ3n) is 3.52. The van der Waals surface area contributed by atoms with Gasteiger partial charge in [-0.25, -0.2) is 13.6 Å². The number of rotatable bonds is 5. The standard InChI is InChI=1S/C20H17F3O4/c1-10(2)19(24)26-12-5-6-13(15(21)9-12)14-7-8-16(18(23)17(14)22)27-20(25)11(3)4/h5-9,11H,1H2,2-4H3. The minimum absolute atomic E-state index is 0.104. The number of esters is 2. The first-order valence-corrected chi connectivity index (χ1v) is 7.99. The van der Waals surface area contributed by atoms with Gasteiger partial charge in [-0.1, -0.05) is 20.4 Å². The number of carbonyl (C=O) groups excluding carboxylic acids is 2. The summed E-state index contributed by atoms with van der Waals surface area (Å²) in [5, 5.41) is 0. The number of benzene rings is 2. The summed E-state index contributed by atoms with van der Waals surface area (Å²) in [5.74, 6) is -6.37. The molecule has 7 heteroatoms. The van der Waals surface area contributed by atoms with Gasteiger partial charge in [0.2, 0.25) is 5.82 Å². The highest BCUT2D eigenvalue weighted by Gasteiger charge is 2.21. The average molecular weight is 378 g/mol. The number of carbonyl (C=O) groups is 2. The van der Waals surface area contributed by atoms with Gasteiger partial charge in [-0.15, -0.1) is 0 Å². The van der Waals surface area contributed by atoms with Crippen LogP contribution in [0.15, 0.2) is 42.5 Å². The second-order valence-electron chi connectivity index (χ2n) is 6.13. The number of hydrogen-bond acceptors (Lipinski definition) is 4. The highest BCUT2D eigenvalue weighted by molar-refractivity contribution is 5.88. The SMILES string of the molecule is C=C(C)C(=O)Oc1ccc(-c2ccc(OC(=O)C(C)C)c(F)c2F)c(F)c1. The molecule has 0 radical (unpaired) electrons. The van der Waals surface area contributed by atoms with E-state index in [1.807, 2.05) is 0 Å². The van der Waals surface area contributed by atoms with Crippen LogP contribution in [-0.2, 0) is 9.59 Å². The van der Waals surface area contributed by atoms with Crippen molar-refractivity contribution in [2.24, 2.45) is 5.92 Å². The van der Waals surface area contributed by atoms with Gasteiger partial charge in [0.1, 0.15) is 11.6 Å². The van der Waals surface area contributed by atoms with E-state index < -0.39 is 41.1 Å². The van der Waals surface area contributed by atoms with Crippen LogP contribution >= 0.6 is 0 Å². The number of hydrogen-bond donors (Lipinski definition) is 0. The molecule has 0 saturated heterocycles. The molecule has 2 aromatic rings. The van der Waals surface area contributed by atoms with Gasteiger partial charge >= 0.3 is 11.9 Å². The zero-order valence-electron chi connectivity index (χ0n) is 14.9. The lowest BCUT2D eigenvalue weighted by molar-refractivity contribution is -0.138. The Hall–Kier alpha value is -3.09. The van der Waals surface area contributed by atoms with E-state index in [1.54, 1.807) is 13.8 Å². The van der Waals surface area contributed by atoms with Gasteiger partial charge in [0, 0.05) is 22.8 Å². The Morgan fingerprint density at radius 2 is 1.59 bits per heavy atom. The number of ether oxygens (including phenoxy) is 2. The van der Waals surface area contributed by atoms with E-state index in [4.69, 9.17) is 9.47 Å². The molecule has 142 valence electrons. The summed E-state index contributed by atoms with van der Waals surface area (Å²) >= 11 is 0. The van der Waals surface area contributed by atoms with Crippen LogP contribution in [0.5, 0.6) is 11.5 Å². The van der Waals surface area contributed by atoms with Crippen molar-refractivity contribution in [3.63, 3.8) is 0 Å².